The fraction of sp³-hybridized carbons (Fsp3) is 0.500. The number of allylic oxidation sites excluding steroid dienone is 3. The zero-order valence-corrected chi connectivity index (χ0v) is 15.2. The number of hydrogen-bond acceptors (Lipinski definition) is 6. The van der Waals surface area contributed by atoms with E-state index in [9.17, 15) is 19.8 Å². The molecular weight excluding hydrogens is 336 g/mol. The van der Waals surface area contributed by atoms with Crippen molar-refractivity contribution in [2.75, 3.05) is 13.2 Å². The van der Waals surface area contributed by atoms with Gasteiger partial charge >= 0.3 is 11.9 Å². The average Bonchev–Trinajstić information content (AvgIpc) is 2.87. The van der Waals surface area contributed by atoms with Crippen LogP contribution in [0, 0.1) is 5.92 Å². The van der Waals surface area contributed by atoms with Crippen LogP contribution >= 0.6 is 0 Å². The number of hydrogen-bond donors (Lipinski definition) is 2. The minimum atomic E-state index is -0.728. The molecule has 1 saturated heterocycles. The summed E-state index contributed by atoms with van der Waals surface area (Å²) in [7, 11) is 0. The van der Waals surface area contributed by atoms with Crippen molar-refractivity contribution in [2.45, 2.75) is 45.3 Å². The van der Waals surface area contributed by atoms with Crippen LogP contribution in [0.3, 0.4) is 0 Å². The quantitative estimate of drug-likeness (QED) is 0.451. The standard InChI is InChI=1S/C20H26O6/c1-4-15(11-22)20(24)26-17-9-14(10-21)7-5-6-12(2)8-16-18(17)13(3)19(23)25-16/h4,7-8,16-18,21-22H,3,5-6,9-11H2,1-2H3. The van der Waals surface area contributed by atoms with Gasteiger partial charge in [0.15, 0.2) is 0 Å². The first-order valence-electron chi connectivity index (χ1n) is 8.74. The fourth-order valence-corrected chi connectivity index (χ4v) is 3.25. The molecule has 0 spiro atoms. The van der Waals surface area contributed by atoms with Crippen molar-refractivity contribution in [1.82, 2.24) is 0 Å². The lowest BCUT2D eigenvalue weighted by Gasteiger charge is -2.28. The highest BCUT2D eigenvalue weighted by atomic mass is 16.6. The molecule has 6 heteroatoms. The van der Waals surface area contributed by atoms with Crippen LogP contribution in [-0.4, -0.2) is 47.6 Å². The van der Waals surface area contributed by atoms with Crippen LogP contribution < -0.4 is 0 Å². The highest BCUT2D eigenvalue weighted by molar-refractivity contribution is 5.92. The van der Waals surface area contributed by atoms with Gasteiger partial charge < -0.3 is 19.7 Å². The van der Waals surface area contributed by atoms with E-state index in [-0.39, 0.29) is 24.2 Å². The molecule has 0 radical (unpaired) electrons. The van der Waals surface area contributed by atoms with Crippen LogP contribution in [0.4, 0.5) is 0 Å². The Balaban J connectivity index is 2.40. The first-order chi connectivity index (χ1) is 12.4. The summed E-state index contributed by atoms with van der Waals surface area (Å²) < 4.78 is 11.0. The smallest absolute Gasteiger partial charge is 0.336 e. The Bertz CT molecular complexity index is 670. The Labute approximate surface area is 153 Å². The minimum absolute atomic E-state index is 0.135. The van der Waals surface area contributed by atoms with E-state index in [1.54, 1.807) is 6.92 Å². The number of rotatable bonds is 4. The van der Waals surface area contributed by atoms with Crippen molar-refractivity contribution in [3.8, 4) is 0 Å². The Hall–Kier alpha value is -2.18. The van der Waals surface area contributed by atoms with Crippen LogP contribution in [0.25, 0.3) is 0 Å². The second-order valence-corrected chi connectivity index (χ2v) is 6.61. The van der Waals surface area contributed by atoms with Crippen LogP contribution in [0.2, 0.25) is 0 Å². The minimum Gasteiger partial charge on any atom is -0.458 e. The number of aliphatic hydroxyl groups is 2. The molecule has 0 aromatic rings. The number of fused-ring (bicyclic) bond motifs is 1. The molecule has 0 bridgehead atoms. The lowest BCUT2D eigenvalue weighted by molar-refractivity contribution is -0.147. The molecule has 0 aromatic heterocycles. The maximum Gasteiger partial charge on any atom is 0.336 e. The molecule has 2 rings (SSSR count). The third kappa shape index (κ3) is 4.51. The normalized spacial score (nSPS) is 27.2. The summed E-state index contributed by atoms with van der Waals surface area (Å²) in [4.78, 5) is 24.4. The number of carbonyl (C=O) groups is 2. The maximum atomic E-state index is 12.4. The van der Waals surface area contributed by atoms with Gasteiger partial charge in [0, 0.05) is 12.0 Å². The van der Waals surface area contributed by atoms with Crippen LogP contribution in [0.5, 0.6) is 0 Å². The van der Waals surface area contributed by atoms with Gasteiger partial charge in [0.05, 0.1) is 24.7 Å². The molecule has 3 unspecified atom stereocenters. The van der Waals surface area contributed by atoms with Gasteiger partial charge in [-0.15, -0.1) is 0 Å². The van der Waals surface area contributed by atoms with Crippen LogP contribution in [0.1, 0.15) is 33.1 Å². The Kier molecular flexibility index (Phi) is 6.94. The van der Waals surface area contributed by atoms with Crippen LogP contribution in [0.15, 0.2) is 47.1 Å². The van der Waals surface area contributed by atoms with Gasteiger partial charge in [0.1, 0.15) is 12.2 Å². The molecule has 3 atom stereocenters. The summed E-state index contributed by atoms with van der Waals surface area (Å²) in [6, 6.07) is 0. The Morgan fingerprint density at radius 1 is 1.46 bits per heavy atom. The summed E-state index contributed by atoms with van der Waals surface area (Å²) in [6.07, 6.45) is 5.80. The molecule has 6 nitrogen and oxygen atoms in total. The number of carbonyl (C=O) groups excluding carboxylic acids is 2. The van der Waals surface area contributed by atoms with Gasteiger partial charge in [-0.25, -0.2) is 9.59 Å². The van der Waals surface area contributed by atoms with E-state index >= 15 is 0 Å². The van der Waals surface area contributed by atoms with E-state index in [4.69, 9.17) is 9.47 Å². The second kappa shape index (κ2) is 8.96. The third-order valence-electron chi connectivity index (χ3n) is 4.79. The number of esters is 2. The zero-order valence-electron chi connectivity index (χ0n) is 15.2. The van der Waals surface area contributed by atoms with Crippen molar-refractivity contribution in [3.05, 3.63) is 47.1 Å². The molecule has 1 aliphatic heterocycles. The van der Waals surface area contributed by atoms with E-state index in [2.05, 4.69) is 6.58 Å². The largest absolute Gasteiger partial charge is 0.458 e. The van der Waals surface area contributed by atoms with Gasteiger partial charge in [0.25, 0.3) is 0 Å². The lowest BCUT2D eigenvalue weighted by Crippen LogP contribution is -2.34. The predicted octanol–water partition coefficient (Wildman–Crippen LogP) is 1.98. The predicted molar refractivity (Wildman–Crippen MR) is 96.0 cm³/mol. The molecule has 2 N–H and O–H groups in total. The van der Waals surface area contributed by atoms with E-state index in [0.29, 0.717) is 0 Å². The van der Waals surface area contributed by atoms with Gasteiger partial charge in [0.2, 0.25) is 0 Å². The fourth-order valence-electron chi connectivity index (χ4n) is 3.25. The van der Waals surface area contributed by atoms with E-state index < -0.39 is 36.7 Å². The molecule has 2 aliphatic rings. The molecule has 0 aromatic carbocycles. The third-order valence-corrected chi connectivity index (χ3v) is 4.79. The highest BCUT2D eigenvalue weighted by Gasteiger charge is 2.44. The van der Waals surface area contributed by atoms with E-state index in [1.165, 1.54) is 6.08 Å². The monoisotopic (exact) mass is 362 g/mol. The summed E-state index contributed by atoms with van der Waals surface area (Å²) in [5.74, 6) is -1.69. The second-order valence-electron chi connectivity index (χ2n) is 6.61. The SMILES string of the molecule is C=C1C(=O)OC2C=C(C)CCC=C(CO)CC(OC(=O)C(=CC)CO)C12. The Morgan fingerprint density at radius 2 is 2.19 bits per heavy atom. The van der Waals surface area contributed by atoms with Crippen molar-refractivity contribution in [1.29, 1.82) is 0 Å². The lowest BCUT2D eigenvalue weighted by atomic mass is 9.85. The van der Waals surface area contributed by atoms with E-state index in [0.717, 1.165) is 24.0 Å². The molecule has 0 amide bonds. The molecule has 1 fully saturated rings. The molecule has 26 heavy (non-hydrogen) atoms. The van der Waals surface area contributed by atoms with Crippen molar-refractivity contribution >= 4 is 11.9 Å². The molecule has 1 heterocycles. The van der Waals surface area contributed by atoms with Crippen LogP contribution in [-0.2, 0) is 19.1 Å². The topological polar surface area (TPSA) is 93.1 Å². The van der Waals surface area contributed by atoms with Gasteiger partial charge in [-0.2, -0.15) is 0 Å². The van der Waals surface area contributed by atoms with Crippen molar-refractivity contribution in [2.24, 2.45) is 5.92 Å². The Morgan fingerprint density at radius 3 is 2.81 bits per heavy atom. The molecular formula is C20H26O6. The first-order valence-corrected chi connectivity index (χ1v) is 8.74. The van der Waals surface area contributed by atoms with Gasteiger partial charge in [-0.05, 0) is 38.3 Å². The number of ether oxygens (including phenoxy) is 2. The molecule has 142 valence electrons. The highest BCUT2D eigenvalue weighted by Crippen LogP contribution is 2.36. The molecule has 0 saturated carbocycles. The van der Waals surface area contributed by atoms with Gasteiger partial charge in [-0.3, -0.25) is 0 Å². The summed E-state index contributed by atoms with van der Waals surface area (Å²) in [6.45, 7) is 6.81. The van der Waals surface area contributed by atoms with Crippen molar-refractivity contribution < 1.29 is 29.3 Å². The summed E-state index contributed by atoms with van der Waals surface area (Å²) in [5.41, 5.74) is 2.17. The van der Waals surface area contributed by atoms with E-state index in [1.807, 2.05) is 19.1 Å². The van der Waals surface area contributed by atoms with Gasteiger partial charge in [-0.1, -0.05) is 24.3 Å². The summed E-state index contributed by atoms with van der Waals surface area (Å²) in [5, 5.41) is 18.9. The first kappa shape index (κ1) is 20.1. The summed E-state index contributed by atoms with van der Waals surface area (Å²) >= 11 is 0. The maximum absolute atomic E-state index is 12.4. The zero-order chi connectivity index (χ0) is 19.3. The average molecular weight is 362 g/mol. The van der Waals surface area contributed by atoms with Crippen molar-refractivity contribution in [3.63, 3.8) is 0 Å². The number of aliphatic hydroxyl groups excluding tert-OH is 2. The molecule has 1 aliphatic carbocycles.